The van der Waals surface area contributed by atoms with Gasteiger partial charge in [0.05, 0.1) is 32.5 Å². The summed E-state index contributed by atoms with van der Waals surface area (Å²) in [6.45, 7) is 1.93. The van der Waals surface area contributed by atoms with Crippen LogP contribution in [0, 0.1) is 6.92 Å². The minimum absolute atomic E-state index is 0.101. The number of rotatable bonds is 6. The lowest BCUT2D eigenvalue weighted by Gasteiger charge is -2.10. The Labute approximate surface area is 175 Å². The molecule has 0 atom stereocenters. The Morgan fingerprint density at radius 1 is 1.14 bits per heavy atom. The van der Waals surface area contributed by atoms with Gasteiger partial charge in [-0.15, -0.1) is 22.7 Å². The van der Waals surface area contributed by atoms with Gasteiger partial charge in [-0.25, -0.2) is 4.98 Å². The molecule has 0 N–H and O–H groups in total. The van der Waals surface area contributed by atoms with Crippen LogP contribution in [0.1, 0.15) is 15.2 Å². The van der Waals surface area contributed by atoms with Crippen molar-refractivity contribution in [2.75, 3.05) is 14.2 Å². The topological polar surface area (TPSA) is 70.4 Å². The number of ether oxygens (including phenoxy) is 2. The Hall–Kier alpha value is -2.97. The van der Waals surface area contributed by atoms with E-state index in [1.54, 1.807) is 29.5 Å². The highest BCUT2D eigenvalue weighted by atomic mass is 32.1. The van der Waals surface area contributed by atoms with E-state index in [4.69, 9.17) is 9.47 Å². The molecule has 4 rings (SSSR count). The first-order chi connectivity index (χ1) is 14.0. The average molecular weight is 427 g/mol. The average Bonchev–Trinajstić information content (AvgIpc) is 3.35. The van der Waals surface area contributed by atoms with Crippen LogP contribution < -0.4 is 15.0 Å². The summed E-state index contributed by atoms with van der Waals surface area (Å²) in [5.74, 6) is 0.795. The van der Waals surface area contributed by atoms with E-state index in [1.807, 2.05) is 24.4 Å². The van der Waals surface area contributed by atoms with E-state index in [1.165, 1.54) is 41.3 Å². The third kappa shape index (κ3) is 3.56. The van der Waals surface area contributed by atoms with Gasteiger partial charge in [-0.2, -0.15) is 0 Å². The number of ketones is 1. The number of Topliss-reactive ketones (excluding diaryl/α,β-unsaturated/α-hetero) is 1. The summed E-state index contributed by atoms with van der Waals surface area (Å²) in [5, 5.41) is 2.50. The maximum absolute atomic E-state index is 13.1. The van der Waals surface area contributed by atoms with Crippen LogP contribution in [0.4, 0.5) is 0 Å². The second kappa shape index (κ2) is 7.81. The Kier molecular flexibility index (Phi) is 5.21. The molecule has 0 fully saturated rings. The van der Waals surface area contributed by atoms with Crippen LogP contribution in [0.5, 0.6) is 11.5 Å². The quantitative estimate of drug-likeness (QED) is 0.428. The molecule has 6 nitrogen and oxygen atoms in total. The normalized spacial score (nSPS) is 11.0. The molecule has 0 radical (unpaired) electrons. The molecular formula is C21H18N2O4S2. The smallest absolute Gasteiger partial charge is 0.263 e. The highest BCUT2D eigenvalue weighted by Gasteiger charge is 2.17. The van der Waals surface area contributed by atoms with Crippen LogP contribution in [0.3, 0.4) is 0 Å². The standard InChI is InChI=1S/C21H18N2O4S2/c1-12-4-7-18(29-12)14-10-28-20-19(14)21(25)23(11-22-20)9-15(24)13-5-6-16(26-2)17(8-13)27-3/h4-8,10-11H,9H2,1-3H3. The number of fused-ring (bicyclic) bond motifs is 1. The van der Waals surface area contributed by atoms with Crippen LogP contribution in [0.25, 0.3) is 20.7 Å². The molecule has 0 aliphatic rings. The number of carbonyl (C=O) groups excluding carboxylic acids is 1. The van der Waals surface area contributed by atoms with E-state index in [2.05, 4.69) is 4.98 Å². The Balaban J connectivity index is 1.71. The van der Waals surface area contributed by atoms with Gasteiger partial charge in [0.1, 0.15) is 4.83 Å². The first-order valence-electron chi connectivity index (χ1n) is 8.80. The van der Waals surface area contributed by atoms with Gasteiger partial charge in [0.15, 0.2) is 17.3 Å². The summed E-state index contributed by atoms with van der Waals surface area (Å²) in [5.41, 5.74) is 1.09. The molecule has 1 aromatic carbocycles. The molecule has 0 bridgehead atoms. The molecule has 29 heavy (non-hydrogen) atoms. The number of carbonyl (C=O) groups is 1. The fourth-order valence-corrected chi connectivity index (χ4v) is 4.96. The lowest BCUT2D eigenvalue weighted by atomic mass is 10.1. The van der Waals surface area contributed by atoms with Crippen LogP contribution in [-0.2, 0) is 6.54 Å². The van der Waals surface area contributed by atoms with Crippen molar-refractivity contribution in [2.24, 2.45) is 0 Å². The highest BCUT2D eigenvalue weighted by molar-refractivity contribution is 7.19. The summed E-state index contributed by atoms with van der Waals surface area (Å²) in [7, 11) is 3.05. The van der Waals surface area contributed by atoms with Gasteiger partial charge in [0, 0.05) is 26.3 Å². The first kappa shape index (κ1) is 19.4. The van der Waals surface area contributed by atoms with Crippen molar-refractivity contribution in [3.05, 3.63) is 62.8 Å². The number of aryl methyl sites for hydroxylation is 1. The van der Waals surface area contributed by atoms with Crippen LogP contribution in [0.2, 0.25) is 0 Å². The molecule has 0 amide bonds. The molecule has 0 unspecified atom stereocenters. The van der Waals surface area contributed by atoms with E-state index >= 15 is 0 Å². The Morgan fingerprint density at radius 2 is 1.93 bits per heavy atom. The maximum atomic E-state index is 13.1. The van der Waals surface area contributed by atoms with Crippen LogP contribution >= 0.6 is 22.7 Å². The van der Waals surface area contributed by atoms with Crippen molar-refractivity contribution in [1.82, 2.24) is 9.55 Å². The first-order valence-corrected chi connectivity index (χ1v) is 10.5. The minimum atomic E-state index is -0.217. The molecule has 3 heterocycles. The van der Waals surface area contributed by atoms with Gasteiger partial charge in [0.2, 0.25) is 0 Å². The molecule has 4 aromatic rings. The number of benzene rings is 1. The molecule has 8 heteroatoms. The van der Waals surface area contributed by atoms with E-state index in [9.17, 15) is 9.59 Å². The van der Waals surface area contributed by atoms with Gasteiger partial charge in [0.25, 0.3) is 5.56 Å². The molecule has 0 saturated heterocycles. The van der Waals surface area contributed by atoms with Crippen molar-refractivity contribution < 1.29 is 14.3 Å². The summed E-state index contributed by atoms with van der Waals surface area (Å²) >= 11 is 3.06. The third-order valence-corrected chi connectivity index (χ3v) is 6.51. The fourth-order valence-electron chi connectivity index (χ4n) is 3.10. The Bertz CT molecular complexity index is 1270. The maximum Gasteiger partial charge on any atom is 0.263 e. The van der Waals surface area contributed by atoms with E-state index in [0.717, 1.165) is 10.4 Å². The molecule has 148 valence electrons. The zero-order valence-electron chi connectivity index (χ0n) is 16.1. The number of thiophene rings is 2. The predicted molar refractivity (Wildman–Crippen MR) is 116 cm³/mol. The van der Waals surface area contributed by atoms with Crippen molar-refractivity contribution >= 4 is 38.7 Å². The van der Waals surface area contributed by atoms with Gasteiger partial charge in [-0.3, -0.25) is 14.2 Å². The Morgan fingerprint density at radius 3 is 2.62 bits per heavy atom. The monoisotopic (exact) mass is 426 g/mol. The zero-order chi connectivity index (χ0) is 20.5. The minimum Gasteiger partial charge on any atom is -0.493 e. The van der Waals surface area contributed by atoms with Crippen LogP contribution in [0.15, 0.2) is 46.8 Å². The second-order valence-corrected chi connectivity index (χ2v) is 8.56. The molecule has 0 aliphatic carbocycles. The lowest BCUT2D eigenvalue weighted by Crippen LogP contribution is -2.24. The molecular weight excluding hydrogens is 408 g/mol. The molecule has 3 aromatic heterocycles. The summed E-state index contributed by atoms with van der Waals surface area (Å²) < 4.78 is 11.8. The fraction of sp³-hybridized carbons (Fsp3) is 0.190. The van der Waals surface area contributed by atoms with E-state index < -0.39 is 0 Å². The SMILES string of the molecule is COc1ccc(C(=O)Cn2cnc3scc(-c4ccc(C)s4)c3c2=O)cc1OC. The van der Waals surface area contributed by atoms with Crippen molar-refractivity contribution in [1.29, 1.82) is 0 Å². The molecule has 0 aliphatic heterocycles. The number of aromatic nitrogens is 2. The highest BCUT2D eigenvalue weighted by Crippen LogP contribution is 2.35. The van der Waals surface area contributed by atoms with Crippen molar-refractivity contribution in [3.63, 3.8) is 0 Å². The van der Waals surface area contributed by atoms with Gasteiger partial charge in [-0.05, 0) is 37.3 Å². The van der Waals surface area contributed by atoms with Gasteiger partial charge in [-0.1, -0.05) is 0 Å². The zero-order valence-corrected chi connectivity index (χ0v) is 17.7. The van der Waals surface area contributed by atoms with Crippen LogP contribution in [-0.4, -0.2) is 29.6 Å². The number of hydrogen-bond donors (Lipinski definition) is 0. The van der Waals surface area contributed by atoms with E-state index in [0.29, 0.717) is 27.3 Å². The predicted octanol–water partition coefficient (Wildman–Crippen LogP) is 4.40. The number of nitrogens with zero attached hydrogens (tertiary/aromatic N) is 2. The number of methoxy groups -OCH3 is 2. The molecule has 0 spiro atoms. The number of hydrogen-bond acceptors (Lipinski definition) is 7. The summed E-state index contributed by atoms with van der Waals surface area (Å²) in [6, 6.07) is 8.98. The third-order valence-electron chi connectivity index (χ3n) is 4.59. The van der Waals surface area contributed by atoms with Crippen molar-refractivity contribution in [2.45, 2.75) is 13.5 Å². The summed E-state index contributed by atoms with van der Waals surface area (Å²) in [6.07, 6.45) is 1.43. The van der Waals surface area contributed by atoms with Gasteiger partial charge < -0.3 is 9.47 Å². The van der Waals surface area contributed by atoms with Gasteiger partial charge >= 0.3 is 0 Å². The lowest BCUT2D eigenvalue weighted by molar-refractivity contribution is 0.0970. The second-order valence-electron chi connectivity index (χ2n) is 6.41. The van der Waals surface area contributed by atoms with E-state index in [-0.39, 0.29) is 17.9 Å². The van der Waals surface area contributed by atoms with Crippen molar-refractivity contribution in [3.8, 4) is 21.9 Å². The molecule has 0 saturated carbocycles. The largest absolute Gasteiger partial charge is 0.493 e. The summed E-state index contributed by atoms with van der Waals surface area (Å²) in [4.78, 5) is 33.2.